The lowest BCUT2D eigenvalue weighted by molar-refractivity contribution is -0.136. The fraction of sp³-hybridized carbons (Fsp3) is 0.294. The first-order valence-corrected chi connectivity index (χ1v) is 9.90. The number of rotatable bonds is 7. The Hall–Kier alpha value is -2.16. The molecule has 1 aromatic carbocycles. The summed E-state index contributed by atoms with van der Waals surface area (Å²) in [7, 11) is -0.551. The number of hydrogen-bond donors (Lipinski definition) is 1. The van der Waals surface area contributed by atoms with Gasteiger partial charge in [0.15, 0.2) is 0 Å². The summed E-state index contributed by atoms with van der Waals surface area (Å²) in [4.78, 5) is 11.7. The minimum Gasteiger partial charge on any atom is -0.466 e. The molecule has 26 heavy (non-hydrogen) atoms. The molecule has 7 nitrogen and oxygen atoms in total. The van der Waals surface area contributed by atoms with Gasteiger partial charge in [0, 0.05) is 35.0 Å². The van der Waals surface area contributed by atoms with Gasteiger partial charge in [0.1, 0.15) is 0 Å². The van der Waals surface area contributed by atoms with Crippen molar-refractivity contribution in [1.82, 2.24) is 14.5 Å². The monoisotopic (exact) mass is 397 g/mol. The number of carbonyl (C=O) groups excluding carboxylic acids is 1. The van der Waals surface area contributed by atoms with Crippen molar-refractivity contribution in [3.8, 4) is 11.1 Å². The molecule has 0 spiro atoms. The summed E-state index contributed by atoms with van der Waals surface area (Å²) < 4.78 is 32.6. The summed E-state index contributed by atoms with van der Waals surface area (Å²) >= 11 is 6.39. The number of hydrogen-bond acceptors (Lipinski definition) is 5. The zero-order valence-corrected chi connectivity index (χ0v) is 16.3. The van der Waals surface area contributed by atoms with E-state index in [0.29, 0.717) is 16.1 Å². The standard InChI is InChI=1S/C17H20ClN3O4S/c1-11(17(22)25-3)8-15(20-26(4,23)24)13-6-5-7-14(18)16(13)12-9-19-21(2)10-12/h5-7,9-10,15,20H,1,8H2,2-4H3. The summed E-state index contributed by atoms with van der Waals surface area (Å²) in [5.74, 6) is -0.602. The molecule has 2 aromatic rings. The van der Waals surface area contributed by atoms with Crippen LogP contribution in [0.3, 0.4) is 0 Å². The van der Waals surface area contributed by atoms with Gasteiger partial charge in [-0.15, -0.1) is 0 Å². The van der Waals surface area contributed by atoms with E-state index in [2.05, 4.69) is 21.1 Å². The largest absolute Gasteiger partial charge is 0.466 e. The highest BCUT2D eigenvalue weighted by atomic mass is 35.5. The zero-order chi connectivity index (χ0) is 19.5. The molecule has 1 aromatic heterocycles. The van der Waals surface area contributed by atoms with Gasteiger partial charge < -0.3 is 4.74 Å². The maximum Gasteiger partial charge on any atom is 0.333 e. The lowest BCUT2D eigenvalue weighted by atomic mass is 9.93. The van der Waals surface area contributed by atoms with Gasteiger partial charge in [-0.25, -0.2) is 17.9 Å². The number of sulfonamides is 1. The highest BCUT2D eigenvalue weighted by molar-refractivity contribution is 7.88. The van der Waals surface area contributed by atoms with E-state index in [1.54, 1.807) is 42.3 Å². The molecular weight excluding hydrogens is 378 g/mol. The first-order valence-electron chi connectivity index (χ1n) is 7.63. The summed E-state index contributed by atoms with van der Waals surface area (Å²) in [5.41, 5.74) is 2.13. The number of ether oxygens (including phenoxy) is 1. The lowest BCUT2D eigenvalue weighted by Gasteiger charge is -2.22. The van der Waals surface area contributed by atoms with Crippen LogP contribution in [-0.4, -0.2) is 37.5 Å². The van der Waals surface area contributed by atoms with E-state index >= 15 is 0 Å². The number of nitrogens with zero attached hydrogens (tertiary/aromatic N) is 2. The normalized spacial score (nSPS) is 12.6. The molecule has 1 atom stereocenters. The van der Waals surface area contributed by atoms with E-state index in [-0.39, 0.29) is 12.0 Å². The van der Waals surface area contributed by atoms with Crippen molar-refractivity contribution in [3.05, 3.63) is 53.3 Å². The Bertz CT molecular complexity index is 937. The van der Waals surface area contributed by atoms with Gasteiger partial charge in [0.2, 0.25) is 10.0 Å². The van der Waals surface area contributed by atoms with Crippen molar-refractivity contribution >= 4 is 27.6 Å². The molecule has 140 valence electrons. The van der Waals surface area contributed by atoms with Crippen LogP contribution >= 0.6 is 11.6 Å². The molecule has 1 N–H and O–H groups in total. The van der Waals surface area contributed by atoms with Crippen LogP contribution in [0.2, 0.25) is 5.02 Å². The number of benzene rings is 1. The second-order valence-corrected chi connectivity index (χ2v) is 8.04. The Kier molecular flexibility index (Phi) is 6.22. The first-order chi connectivity index (χ1) is 12.1. The van der Waals surface area contributed by atoms with E-state index < -0.39 is 22.0 Å². The van der Waals surface area contributed by atoms with Crippen LogP contribution in [0.5, 0.6) is 0 Å². The molecule has 1 unspecified atom stereocenters. The van der Waals surface area contributed by atoms with Crippen LogP contribution in [-0.2, 0) is 26.6 Å². The molecule has 9 heteroatoms. The topological polar surface area (TPSA) is 90.3 Å². The number of halogens is 1. The first kappa shape index (κ1) is 20.2. The van der Waals surface area contributed by atoms with E-state index in [4.69, 9.17) is 11.6 Å². The highest BCUT2D eigenvalue weighted by Gasteiger charge is 2.24. The predicted octanol–water partition coefficient (Wildman–Crippen LogP) is 2.45. The van der Waals surface area contributed by atoms with Gasteiger partial charge in [-0.3, -0.25) is 4.68 Å². The Morgan fingerprint density at radius 3 is 2.69 bits per heavy atom. The minimum atomic E-state index is -3.56. The van der Waals surface area contributed by atoms with Gasteiger partial charge in [0.05, 0.1) is 25.6 Å². The molecule has 0 fully saturated rings. The number of carbonyl (C=O) groups is 1. The Balaban J connectivity index is 2.55. The van der Waals surface area contributed by atoms with Crippen LogP contribution in [0.1, 0.15) is 18.0 Å². The van der Waals surface area contributed by atoms with Crippen LogP contribution in [0.4, 0.5) is 0 Å². The van der Waals surface area contributed by atoms with Crippen molar-refractivity contribution in [1.29, 1.82) is 0 Å². The van der Waals surface area contributed by atoms with E-state index in [0.717, 1.165) is 11.8 Å². The van der Waals surface area contributed by atoms with Crippen molar-refractivity contribution in [3.63, 3.8) is 0 Å². The predicted molar refractivity (Wildman–Crippen MR) is 100 cm³/mol. The van der Waals surface area contributed by atoms with Crippen molar-refractivity contribution in [2.45, 2.75) is 12.5 Å². The molecule has 0 aliphatic rings. The molecule has 0 bridgehead atoms. The van der Waals surface area contributed by atoms with Crippen LogP contribution in [0, 0.1) is 0 Å². The number of nitrogens with one attached hydrogen (secondary N) is 1. The lowest BCUT2D eigenvalue weighted by Crippen LogP contribution is -2.29. The summed E-state index contributed by atoms with van der Waals surface area (Å²) in [6.07, 6.45) is 4.50. The smallest absolute Gasteiger partial charge is 0.333 e. The van der Waals surface area contributed by atoms with Crippen LogP contribution in [0.25, 0.3) is 11.1 Å². The number of aryl methyl sites for hydroxylation is 1. The van der Waals surface area contributed by atoms with Crippen molar-refractivity contribution < 1.29 is 17.9 Å². The quantitative estimate of drug-likeness (QED) is 0.572. The van der Waals surface area contributed by atoms with Gasteiger partial charge in [-0.2, -0.15) is 5.10 Å². The Labute approximate surface area is 157 Å². The Morgan fingerprint density at radius 1 is 1.46 bits per heavy atom. The molecule has 0 amide bonds. The zero-order valence-electron chi connectivity index (χ0n) is 14.7. The fourth-order valence-corrected chi connectivity index (χ4v) is 3.65. The molecule has 0 radical (unpaired) electrons. The second kappa shape index (κ2) is 8.03. The molecule has 0 saturated carbocycles. The average Bonchev–Trinajstić information content (AvgIpc) is 2.97. The minimum absolute atomic E-state index is 0.0351. The van der Waals surface area contributed by atoms with Gasteiger partial charge in [0.25, 0.3) is 0 Å². The van der Waals surface area contributed by atoms with Crippen molar-refractivity contribution in [2.24, 2.45) is 7.05 Å². The number of esters is 1. The maximum absolute atomic E-state index is 11.9. The average molecular weight is 398 g/mol. The fourth-order valence-electron chi connectivity index (χ4n) is 2.63. The van der Waals surface area contributed by atoms with E-state index in [1.165, 1.54) is 7.11 Å². The molecular formula is C17H20ClN3O4S. The Morgan fingerprint density at radius 2 is 2.15 bits per heavy atom. The molecule has 2 rings (SSSR count). The molecule has 0 aliphatic heterocycles. The number of methoxy groups -OCH3 is 1. The van der Waals surface area contributed by atoms with Gasteiger partial charge >= 0.3 is 5.97 Å². The van der Waals surface area contributed by atoms with Crippen molar-refractivity contribution in [2.75, 3.05) is 13.4 Å². The third-order valence-corrected chi connectivity index (χ3v) is 4.72. The van der Waals surface area contributed by atoms with Crippen LogP contribution < -0.4 is 4.72 Å². The second-order valence-electron chi connectivity index (χ2n) is 5.85. The van der Waals surface area contributed by atoms with E-state index in [9.17, 15) is 13.2 Å². The third kappa shape index (κ3) is 4.94. The summed E-state index contributed by atoms with van der Waals surface area (Å²) in [5, 5.41) is 4.58. The summed E-state index contributed by atoms with van der Waals surface area (Å²) in [6.45, 7) is 3.69. The van der Waals surface area contributed by atoms with Crippen LogP contribution in [0.15, 0.2) is 42.7 Å². The molecule has 1 heterocycles. The molecule has 0 saturated heterocycles. The third-order valence-electron chi connectivity index (χ3n) is 3.70. The number of aromatic nitrogens is 2. The highest BCUT2D eigenvalue weighted by Crippen LogP contribution is 2.36. The van der Waals surface area contributed by atoms with E-state index in [1.807, 2.05) is 0 Å². The van der Waals surface area contributed by atoms with Gasteiger partial charge in [-0.1, -0.05) is 30.3 Å². The summed E-state index contributed by atoms with van der Waals surface area (Å²) in [6, 6.07) is 4.43. The SMILES string of the molecule is C=C(CC(NS(C)(=O)=O)c1cccc(Cl)c1-c1cnn(C)c1)C(=O)OC. The van der Waals surface area contributed by atoms with Gasteiger partial charge in [-0.05, 0) is 18.1 Å². The molecule has 0 aliphatic carbocycles. The maximum atomic E-state index is 11.9.